The van der Waals surface area contributed by atoms with Gasteiger partial charge in [-0.05, 0) is 62.2 Å². The minimum atomic E-state index is 0.230. The van der Waals surface area contributed by atoms with Crippen molar-refractivity contribution in [2.24, 2.45) is 10.8 Å². The zero-order chi connectivity index (χ0) is 19.0. The van der Waals surface area contributed by atoms with Gasteiger partial charge in [0, 0.05) is 15.5 Å². The monoisotopic (exact) mass is 402 g/mol. The van der Waals surface area contributed by atoms with Crippen LogP contribution < -0.4 is 0 Å². The molecule has 0 aliphatic heterocycles. The lowest BCUT2D eigenvalue weighted by Gasteiger charge is -2.69. The fourth-order valence-electron chi connectivity index (χ4n) is 7.20. The predicted octanol–water partition coefficient (Wildman–Crippen LogP) is 7.61. The zero-order valence-corrected chi connectivity index (χ0v) is 21.2. The summed E-state index contributed by atoms with van der Waals surface area (Å²) in [6.45, 7) is 12.4. The Bertz CT molecular complexity index is 410. The van der Waals surface area contributed by atoms with Crippen LogP contribution in [-0.4, -0.2) is 15.5 Å². The first-order chi connectivity index (χ1) is 11.7. The molecule has 3 heteroatoms. The van der Waals surface area contributed by atoms with Crippen LogP contribution in [0.1, 0.15) is 112 Å². The summed E-state index contributed by atoms with van der Waals surface area (Å²) in [5, 5.41) is 0.871. The van der Waals surface area contributed by atoms with Crippen molar-refractivity contribution in [3.05, 3.63) is 0 Å². The smallest absolute Gasteiger partial charge is 0.00130 e. The third-order valence-electron chi connectivity index (χ3n) is 9.41. The maximum Gasteiger partial charge on any atom is 0.00130 e. The van der Waals surface area contributed by atoms with E-state index in [1.807, 2.05) is 0 Å². The molecule has 0 amide bonds. The third-order valence-corrected chi connectivity index (χ3v) is 14.1. The average molecular weight is 403 g/mol. The van der Waals surface area contributed by atoms with E-state index >= 15 is 0 Å². The zero-order valence-electron chi connectivity index (χ0n) is 17.7. The van der Waals surface area contributed by atoms with Gasteiger partial charge in [0.1, 0.15) is 0 Å². The van der Waals surface area contributed by atoms with Crippen LogP contribution in [0.4, 0.5) is 0 Å². The van der Waals surface area contributed by atoms with Crippen LogP contribution in [0.15, 0.2) is 0 Å². The van der Waals surface area contributed by atoms with Crippen LogP contribution in [0.3, 0.4) is 0 Å². The highest BCUT2D eigenvalue weighted by Gasteiger charge is 2.66. The summed E-state index contributed by atoms with van der Waals surface area (Å²) in [4.78, 5) is 0. The molecule has 0 aromatic heterocycles. The van der Waals surface area contributed by atoms with E-state index in [1.54, 1.807) is 0 Å². The van der Waals surface area contributed by atoms with Crippen LogP contribution in [0.25, 0.3) is 0 Å². The van der Waals surface area contributed by atoms with E-state index in [-0.39, 0.29) is 5.16 Å². The van der Waals surface area contributed by atoms with E-state index in [9.17, 15) is 0 Å². The topological polar surface area (TPSA) is 0 Å². The van der Waals surface area contributed by atoms with Crippen molar-refractivity contribution in [1.29, 1.82) is 0 Å². The van der Waals surface area contributed by atoms with Gasteiger partial charge in [-0.1, -0.05) is 60.3 Å². The Morgan fingerprint density at radius 1 is 0.640 bits per heavy atom. The van der Waals surface area contributed by atoms with Crippen LogP contribution in [-0.2, 0) is 0 Å². The molecule has 0 aromatic carbocycles. The molecule has 2 saturated carbocycles. The van der Waals surface area contributed by atoms with Crippen molar-refractivity contribution in [3.8, 4) is 0 Å². The molecule has 148 valence electrons. The molecule has 0 nitrogen and oxygen atoms in total. The molecule has 0 spiro atoms. The number of hydrogen-bond donors (Lipinski definition) is 0. The molecule has 0 N–H and O–H groups in total. The molecular weight excluding hydrogens is 357 g/mol. The van der Waals surface area contributed by atoms with Gasteiger partial charge < -0.3 is 0 Å². The van der Waals surface area contributed by atoms with Crippen LogP contribution in [0.5, 0.6) is 0 Å². The Morgan fingerprint density at radius 2 is 0.920 bits per heavy atom. The summed E-state index contributed by atoms with van der Waals surface area (Å²) >= 11 is 0. The Hall–Kier alpha value is 1.29. The van der Waals surface area contributed by atoms with Crippen LogP contribution >= 0.6 is 27.7 Å². The molecule has 2 aliphatic rings. The van der Waals surface area contributed by atoms with Gasteiger partial charge >= 0.3 is 0 Å². The highest BCUT2D eigenvalue weighted by molar-refractivity contribution is 7.28. The largest absolute Gasteiger partial charge is 0.130 e. The lowest BCUT2D eigenvalue weighted by Crippen LogP contribution is -2.69. The molecule has 0 aromatic rings. The first-order valence-corrected chi connectivity index (χ1v) is 12.8. The molecule has 0 radical (unpaired) electrons. The molecule has 5 unspecified atom stereocenters. The highest BCUT2D eigenvalue weighted by Crippen LogP contribution is 2.71. The van der Waals surface area contributed by atoms with Crippen LogP contribution in [0.2, 0.25) is 0 Å². The third kappa shape index (κ3) is 3.03. The van der Waals surface area contributed by atoms with Gasteiger partial charge in [0.25, 0.3) is 0 Å². The minimum absolute atomic E-state index is 0.230. The summed E-state index contributed by atoms with van der Waals surface area (Å²) in [5.41, 5.74) is 0.946. The molecule has 2 rings (SSSR count). The SMILES string of the molecule is CCC1(CC)CCCCC1(P)C(C)(P)C1(P)CCCCC1(CC)CC. The lowest BCUT2D eigenvalue weighted by atomic mass is 9.50. The van der Waals surface area contributed by atoms with E-state index < -0.39 is 0 Å². The summed E-state index contributed by atoms with van der Waals surface area (Å²) in [6.07, 6.45) is 16.5. The molecule has 0 heterocycles. The fourth-order valence-corrected chi connectivity index (χ4v) is 10.3. The predicted molar refractivity (Wildman–Crippen MR) is 126 cm³/mol. The van der Waals surface area contributed by atoms with E-state index in [0.717, 1.165) is 0 Å². The van der Waals surface area contributed by atoms with Crippen molar-refractivity contribution in [2.45, 2.75) is 127 Å². The van der Waals surface area contributed by atoms with Gasteiger partial charge in [-0.25, -0.2) is 0 Å². The molecule has 2 fully saturated rings. The Morgan fingerprint density at radius 3 is 1.20 bits per heavy atom. The maximum atomic E-state index is 3.49. The van der Waals surface area contributed by atoms with Gasteiger partial charge in [0.15, 0.2) is 0 Å². The fraction of sp³-hybridized carbons (Fsp3) is 1.00. The second kappa shape index (κ2) is 7.96. The van der Waals surface area contributed by atoms with E-state index in [2.05, 4.69) is 62.3 Å². The van der Waals surface area contributed by atoms with Crippen LogP contribution in [0, 0.1) is 10.8 Å². The standard InChI is InChI=1S/C22H45P3/c1-6-19(7-2)14-10-12-16-21(19,24)18(5,23)22(25)17-13-11-15-20(22,8-3)9-4/h6-17,23-25H2,1-5H3. The minimum Gasteiger partial charge on any atom is -0.130 e. The van der Waals surface area contributed by atoms with Gasteiger partial charge in [-0.15, -0.1) is 27.7 Å². The lowest BCUT2D eigenvalue weighted by molar-refractivity contribution is 0.0162. The molecule has 5 atom stereocenters. The molecule has 2 aliphatic carbocycles. The molecule has 0 saturated heterocycles. The molecular formula is C22H45P3. The second-order valence-electron chi connectivity index (χ2n) is 9.53. The first kappa shape index (κ1) is 22.6. The summed E-state index contributed by atoms with van der Waals surface area (Å²) in [6, 6.07) is 0. The molecule has 0 bridgehead atoms. The van der Waals surface area contributed by atoms with Crippen molar-refractivity contribution < 1.29 is 0 Å². The maximum absolute atomic E-state index is 3.49. The van der Waals surface area contributed by atoms with Gasteiger partial charge in [0.05, 0.1) is 0 Å². The first-order valence-electron chi connectivity index (χ1n) is 11.0. The van der Waals surface area contributed by atoms with Crippen molar-refractivity contribution in [1.82, 2.24) is 0 Å². The van der Waals surface area contributed by atoms with Crippen molar-refractivity contribution in [3.63, 3.8) is 0 Å². The summed E-state index contributed by atoms with van der Waals surface area (Å²) in [5.74, 6) is 0. The van der Waals surface area contributed by atoms with E-state index in [4.69, 9.17) is 0 Å². The quantitative estimate of drug-likeness (QED) is 0.401. The van der Waals surface area contributed by atoms with Gasteiger partial charge in [-0.3, -0.25) is 0 Å². The Kier molecular flexibility index (Phi) is 7.19. The normalized spacial score (nSPS) is 37.4. The van der Waals surface area contributed by atoms with E-state index in [0.29, 0.717) is 21.1 Å². The van der Waals surface area contributed by atoms with Gasteiger partial charge in [-0.2, -0.15) is 0 Å². The highest BCUT2D eigenvalue weighted by atomic mass is 31.0. The van der Waals surface area contributed by atoms with Gasteiger partial charge in [0.2, 0.25) is 0 Å². The second-order valence-corrected chi connectivity index (χ2v) is 12.7. The van der Waals surface area contributed by atoms with Crippen molar-refractivity contribution in [2.75, 3.05) is 0 Å². The van der Waals surface area contributed by atoms with Crippen molar-refractivity contribution >= 4 is 27.7 Å². The van der Waals surface area contributed by atoms with E-state index in [1.165, 1.54) is 77.0 Å². The number of rotatable bonds is 6. The average Bonchev–Trinajstić information content (AvgIpc) is 2.62. The summed E-state index contributed by atoms with van der Waals surface area (Å²) in [7, 11) is 10.5. The summed E-state index contributed by atoms with van der Waals surface area (Å²) < 4.78 is 0. The molecule has 25 heavy (non-hydrogen) atoms. The Labute approximate surface area is 165 Å². The number of hydrogen-bond acceptors (Lipinski definition) is 0. The Balaban J connectivity index is 2.60.